The van der Waals surface area contributed by atoms with E-state index in [2.05, 4.69) is 25.4 Å². The van der Waals surface area contributed by atoms with Gasteiger partial charge in [0.15, 0.2) is 22.7 Å². The Kier molecular flexibility index (Phi) is 3.20. The predicted octanol–water partition coefficient (Wildman–Crippen LogP) is 4.10. The molecule has 3 heterocycles. The summed E-state index contributed by atoms with van der Waals surface area (Å²) in [5.74, 6) is -1.26. The Morgan fingerprint density at radius 1 is 1.09 bits per heavy atom. The maximum atomic E-state index is 14.5. The summed E-state index contributed by atoms with van der Waals surface area (Å²) in [7, 11) is 0. The largest absolute Gasteiger partial charge is 0.246 e. The van der Waals surface area contributed by atoms with Crippen LogP contribution in [-0.2, 0) is 0 Å². The molecular formula is C14H9F2N5S2. The van der Waals surface area contributed by atoms with Gasteiger partial charge in [0.25, 0.3) is 0 Å². The zero-order chi connectivity index (χ0) is 16.1. The van der Waals surface area contributed by atoms with Crippen molar-refractivity contribution >= 4 is 33.7 Å². The smallest absolute Gasteiger partial charge is 0.163 e. The van der Waals surface area contributed by atoms with Crippen LogP contribution in [0.5, 0.6) is 0 Å². The molecule has 0 fully saturated rings. The van der Waals surface area contributed by atoms with E-state index in [1.807, 2.05) is 19.2 Å². The molecule has 1 aromatic carbocycles. The second-order valence-electron chi connectivity index (χ2n) is 4.93. The molecule has 0 bridgehead atoms. The Balaban J connectivity index is 1.86. The molecule has 9 heteroatoms. The fraction of sp³-hybridized carbons (Fsp3) is 0.143. The number of nitrogens with one attached hydrogen (secondary N) is 1. The third-order valence-corrected chi connectivity index (χ3v) is 5.33. The number of hydrogen-bond donors (Lipinski definition) is 1. The third kappa shape index (κ3) is 2.23. The summed E-state index contributed by atoms with van der Waals surface area (Å²) >= 11 is 2.78. The first-order valence-corrected chi connectivity index (χ1v) is 8.33. The Hall–Kier alpha value is -2.26. The van der Waals surface area contributed by atoms with E-state index in [-0.39, 0.29) is 16.6 Å². The van der Waals surface area contributed by atoms with Gasteiger partial charge in [0.05, 0.1) is 26.8 Å². The summed E-state index contributed by atoms with van der Waals surface area (Å²) in [5.41, 5.74) is 1.44. The second kappa shape index (κ2) is 5.14. The number of aryl methyl sites for hydroxylation is 2. The lowest BCUT2D eigenvalue weighted by atomic mass is 10.2. The predicted molar refractivity (Wildman–Crippen MR) is 85.5 cm³/mol. The van der Waals surface area contributed by atoms with E-state index < -0.39 is 11.6 Å². The van der Waals surface area contributed by atoms with Gasteiger partial charge in [0.2, 0.25) is 0 Å². The molecular weight excluding hydrogens is 340 g/mol. The zero-order valence-corrected chi connectivity index (χ0v) is 13.6. The van der Waals surface area contributed by atoms with Crippen molar-refractivity contribution in [3.8, 4) is 21.1 Å². The lowest BCUT2D eigenvalue weighted by molar-refractivity contribution is 0.618. The lowest BCUT2D eigenvalue weighted by Crippen LogP contribution is -1.90. The fourth-order valence-electron chi connectivity index (χ4n) is 2.36. The number of hydrogen-bond acceptors (Lipinski definition) is 6. The molecule has 23 heavy (non-hydrogen) atoms. The van der Waals surface area contributed by atoms with Crippen molar-refractivity contribution in [1.82, 2.24) is 25.4 Å². The molecule has 0 saturated carbocycles. The Morgan fingerprint density at radius 3 is 2.61 bits per heavy atom. The summed E-state index contributed by atoms with van der Waals surface area (Å²) in [6.07, 6.45) is 0. The van der Waals surface area contributed by atoms with Crippen LogP contribution >= 0.6 is 22.7 Å². The van der Waals surface area contributed by atoms with E-state index in [9.17, 15) is 8.78 Å². The van der Waals surface area contributed by atoms with Crippen LogP contribution in [0, 0.1) is 25.5 Å². The molecule has 4 aromatic rings. The zero-order valence-electron chi connectivity index (χ0n) is 12.0. The molecule has 0 saturated heterocycles. The number of halogens is 2. The van der Waals surface area contributed by atoms with Crippen molar-refractivity contribution < 1.29 is 8.78 Å². The number of fused-ring (bicyclic) bond motifs is 1. The first-order chi connectivity index (χ1) is 11.0. The Bertz CT molecular complexity index is 1030. The van der Waals surface area contributed by atoms with Crippen LogP contribution < -0.4 is 0 Å². The summed E-state index contributed by atoms with van der Waals surface area (Å²) in [6.45, 7) is 3.82. The molecule has 0 amide bonds. The molecule has 0 spiro atoms. The summed E-state index contributed by atoms with van der Waals surface area (Å²) in [5, 5.41) is 12.7. The number of aromatic amines is 1. The van der Waals surface area contributed by atoms with Gasteiger partial charge in [-0.1, -0.05) is 0 Å². The number of thiazole rings is 2. The van der Waals surface area contributed by atoms with Gasteiger partial charge in [-0.25, -0.2) is 18.7 Å². The molecule has 4 rings (SSSR count). The van der Waals surface area contributed by atoms with E-state index in [1.54, 1.807) is 0 Å². The number of H-pyrrole nitrogens is 1. The summed E-state index contributed by atoms with van der Waals surface area (Å²) in [6, 6.07) is 1.10. The highest BCUT2D eigenvalue weighted by Crippen LogP contribution is 2.36. The monoisotopic (exact) mass is 349 g/mol. The first-order valence-electron chi connectivity index (χ1n) is 6.63. The Morgan fingerprint density at radius 2 is 1.87 bits per heavy atom. The van der Waals surface area contributed by atoms with Crippen molar-refractivity contribution in [3.05, 3.63) is 33.8 Å². The van der Waals surface area contributed by atoms with Gasteiger partial charge >= 0.3 is 0 Å². The minimum Gasteiger partial charge on any atom is -0.246 e. The third-order valence-electron chi connectivity index (χ3n) is 3.36. The van der Waals surface area contributed by atoms with Crippen molar-refractivity contribution in [2.45, 2.75) is 13.8 Å². The van der Waals surface area contributed by atoms with Gasteiger partial charge in [-0.15, -0.1) is 22.7 Å². The average molecular weight is 349 g/mol. The van der Waals surface area contributed by atoms with E-state index >= 15 is 0 Å². The maximum absolute atomic E-state index is 14.5. The average Bonchev–Trinajstić information content (AvgIpc) is 3.21. The highest BCUT2D eigenvalue weighted by Gasteiger charge is 2.20. The molecule has 1 N–H and O–H groups in total. The highest BCUT2D eigenvalue weighted by atomic mass is 32.1. The van der Waals surface area contributed by atoms with Crippen LogP contribution in [0.4, 0.5) is 8.78 Å². The van der Waals surface area contributed by atoms with Crippen LogP contribution in [0.3, 0.4) is 0 Å². The summed E-state index contributed by atoms with van der Waals surface area (Å²) in [4.78, 5) is 9.74. The molecule has 0 aliphatic heterocycles. The molecule has 116 valence electrons. The quantitative estimate of drug-likeness (QED) is 0.592. The van der Waals surface area contributed by atoms with Crippen molar-refractivity contribution in [2.75, 3.05) is 0 Å². The van der Waals surface area contributed by atoms with E-state index in [0.717, 1.165) is 21.6 Å². The minimum absolute atomic E-state index is 0.0824. The molecule has 0 radical (unpaired) electrons. The lowest BCUT2D eigenvalue weighted by Gasteiger charge is -2.00. The number of benzene rings is 1. The fourth-order valence-corrected chi connectivity index (χ4v) is 4.14. The van der Waals surface area contributed by atoms with Gasteiger partial charge in [-0.3, -0.25) is 0 Å². The number of aromatic nitrogens is 5. The van der Waals surface area contributed by atoms with Gasteiger partial charge < -0.3 is 0 Å². The maximum Gasteiger partial charge on any atom is 0.163 e. The van der Waals surface area contributed by atoms with Crippen LogP contribution in [0.25, 0.3) is 32.2 Å². The molecule has 3 aromatic heterocycles. The van der Waals surface area contributed by atoms with Crippen LogP contribution in [0.1, 0.15) is 10.7 Å². The Labute approximate surface area is 137 Å². The SMILES string of the molecule is Cc1nc(C)c(-c2csc(-c3cc(F)c4n[nH]nc4c3F)n2)s1. The van der Waals surface area contributed by atoms with Crippen molar-refractivity contribution in [1.29, 1.82) is 0 Å². The molecule has 5 nitrogen and oxygen atoms in total. The van der Waals surface area contributed by atoms with Gasteiger partial charge in [0, 0.05) is 5.38 Å². The van der Waals surface area contributed by atoms with Gasteiger partial charge in [-0.05, 0) is 19.9 Å². The standard InChI is InChI=1S/C14H9F2N5S2/c1-5-13(23-6(2)17-5)9-4-22-14(18-9)7-3-8(15)11-12(10(7)16)20-21-19-11/h3-4H,1-2H3,(H,19,20,21). The van der Waals surface area contributed by atoms with E-state index in [4.69, 9.17) is 0 Å². The molecule has 0 aliphatic carbocycles. The second-order valence-corrected chi connectivity index (χ2v) is 6.99. The van der Waals surface area contributed by atoms with E-state index in [0.29, 0.717) is 10.7 Å². The van der Waals surface area contributed by atoms with Crippen LogP contribution in [-0.4, -0.2) is 25.4 Å². The van der Waals surface area contributed by atoms with Gasteiger partial charge in [-0.2, -0.15) is 15.4 Å². The highest BCUT2D eigenvalue weighted by molar-refractivity contribution is 7.16. The summed E-state index contributed by atoms with van der Waals surface area (Å²) < 4.78 is 28.6. The number of nitrogens with zero attached hydrogens (tertiary/aromatic N) is 4. The van der Waals surface area contributed by atoms with Gasteiger partial charge in [0.1, 0.15) is 5.01 Å². The normalized spacial score (nSPS) is 11.5. The van der Waals surface area contributed by atoms with Crippen LogP contribution in [0.15, 0.2) is 11.4 Å². The topological polar surface area (TPSA) is 67.3 Å². The minimum atomic E-state index is -0.633. The molecule has 0 aliphatic rings. The van der Waals surface area contributed by atoms with E-state index in [1.165, 1.54) is 22.7 Å². The van der Waals surface area contributed by atoms with Crippen molar-refractivity contribution in [3.63, 3.8) is 0 Å². The van der Waals surface area contributed by atoms with Crippen LogP contribution in [0.2, 0.25) is 0 Å². The molecule has 0 atom stereocenters. The van der Waals surface area contributed by atoms with Crippen molar-refractivity contribution in [2.24, 2.45) is 0 Å². The number of rotatable bonds is 2. The molecule has 0 unspecified atom stereocenters. The first kappa shape index (κ1) is 14.3.